The summed E-state index contributed by atoms with van der Waals surface area (Å²) in [7, 11) is 0. The van der Waals surface area contributed by atoms with Crippen molar-refractivity contribution in [2.24, 2.45) is 0 Å². The van der Waals surface area contributed by atoms with E-state index in [1.54, 1.807) is 30.3 Å². The van der Waals surface area contributed by atoms with Crippen LogP contribution in [0.4, 0.5) is 0 Å². The third-order valence-electron chi connectivity index (χ3n) is 4.26. The van der Waals surface area contributed by atoms with Crippen LogP contribution in [0, 0.1) is 0 Å². The smallest absolute Gasteiger partial charge is 0.261 e. The Morgan fingerprint density at radius 2 is 1.76 bits per heavy atom. The standard InChI is InChI=1S/C22H26Cl2N2O3/c1-4-20(22(28)25-15(2)3)26(13-16-10-11-18(23)19(24)12-16)21(27)14-29-17-8-6-5-7-9-17/h5-12,15,20H,4,13-14H2,1-3H3,(H,25,28). The van der Waals surface area contributed by atoms with Crippen LogP contribution in [0.5, 0.6) is 5.75 Å². The molecular formula is C22H26Cl2N2O3. The Morgan fingerprint density at radius 3 is 2.34 bits per heavy atom. The lowest BCUT2D eigenvalue weighted by atomic mass is 10.1. The molecule has 7 heteroatoms. The number of hydrogen-bond acceptors (Lipinski definition) is 3. The van der Waals surface area contributed by atoms with Crippen molar-refractivity contribution < 1.29 is 14.3 Å². The molecule has 0 aromatic heterocycles. The number of benzene rings is 2. The molecule has 2 rings (SSSR count). The van der Waals surface area contributed by atoms with E-state index in [-0.39, 0.29) is 31.0 Å². The van der Waals surface area contributed by atoms with Crippen LogP contribution in [0.1, 0.15) is 32.8 Å². The van der Waals surface area contributed by atoms with E-state index in [1.807, 2.05) is 39.0 Å². The first-order valence-electron chi connectivity index (χ1n) is 9.53. The lowest BCUT2D eigenvalue weighted by molar-refractivity contribution is -0.143. The van der Waals surface area contributed by atoms with E-state index in [2.05, 4.69) is 5.32 Å². The van der Waals surface area contributed by atoms with Crippen molar-refractivity contribution in [3.63, 3.8) is 0 Å². The van der Waals surface area contributed by atoms with Crippen LogP contribution in [0.15, 0.2) is 48.5 Å². The number of rotatable bonds is 9. The molecule has 2 amide bonds. The summed E-state index contributed by atoms with van der Waals surface area (Å²) < 4.78 is 5.61. The highest BCUT2D eigenvalue weighted by Crippen LogP contribution is 2.24. The number of nitrogens with one attached hydrogen (secondary N) is 1. The second kappa shape index (κ2) is 11.1. The summed E-state index contributed by atoms with van der Waals surface area (Å²) in [5.41, 5.74) is 0.781. The molecular weight excluding hydrogens is 411 g/mol. The summed E-state index contributed by atoms with van der Waals surface area (Å²) in [4.78, 5) is 27.3. The van der Waals surface area contributed by atoms with E-state index in [0.717, 1.165) is 5.56 Å². The molecule has 1 atom stereocenters. The lowest BCUT2D eigenvalue weighted by Gasteiger charge is -2.31. The Labute approximate surface area is 181 Å². The van der Waals surface area contributed by atoms with Gasteiger partial charge in [0.05, 0.1) is 10.0 Å². The zero-order chi connectivity index (χ0) is 21.4. The Morgan fingerprint density at radius 1 is 1.07 bits per heavy atom. The molecule has 2 aromatic carbocycles. The van der Waals surface area contributed by atoms with Crippen LogP contribution in [0.25, 0.3) is 0 Å². The number of nitrogens with zero attached hydrogens (tertiary/aromatic N) is 1. The summed E-state index contributed by atoms with van der Waals surface area (Å²) in [6, 6.07) is 13.6. The molecule has 0 aliphatic rings. The molecule has 0 aliphatic carbocycles. The van der Waals surface area contributed by atoms with Gasteiger partial charge in [-0.2, -0.15) is 0 Å². The maximum atomic E-state index is 13.0. The first-order chi connectivity index (χ1) is 13.8. The van der Waals surface area contributed by atoms with Crippen LogP contribution in [-0.4, -0.2) is 35.4 Å². The van der Waals surface area contributed by atoms with Gasteiger partial charge in [-0.25, -0.2) is 0 Å². The van der Waals surface area contributed by atoms with Crippen LogP contribution < -0.4 is 10.1 Å². The van der Waals surface area contributed by atoms with Crippen molar-refractivity contribution in [1.82, 2.24) is 10.2 Å². The summed E-state index contributed by atoms with van der Waals surface area (Å²) in [5, 5.41) is 3.72. The molecule has 0 fully saturated rings. The highest BCUT2D eigenvalue weighted by Gasteiger charge is 2.29. The number of hydrogen-bond donors (Lipinski definition) is 1. The average molecular weight is 437 g/mol. The fourth-order valence-corrected chi connectivity index (χ4v) is 3.20. The minimum Gasteiger partial charge on any atom is -0.484 e. The molecule has 0 bridgehead atoms. The van der Waals surface area contributed by atoms with Gasteiger partial charge in [-0.1, -0.05) is 54.4 Å². The molecule has 1 unspecified atom stereocenters. The molecule has 29 heavy (non-hydrogen) atoms. The van der Waals surface area contributed by atoms with Gasteiger partial charge < -0.3 is 15.0 Å². The SMILES string of the molecule is CCC(C(=O)NC(C)C)N(Cc1ccc(Cl)c(Cl)c1)C(=O)COc1ccccc1. The fourth-order valence-electron chi connectivity index (χ4n) is 2.88. The van der Waals surface area contributed by atoms with E-state index in [9.17, 15) is 9.59 Å². The van der Waals surface area contributed by atoms with Gasteiger partial charge in [0.25, 0.3) is 5.91 Å². The predicted molar refractivity (Wildman–Crippen MR) is 116 cm³/mol. The van der Waals surface area contributed by atoms with Gasteiger partial charge in [0.2, 0.25) is 5.91 Å². The minimum absolute atomic E-state index is 0.0287. The summed E-state index contributed by atoms with van der Waals surface area (Å²) in [6.45, 7) is 5.69. The van der Waals surface area contributed by atoms with Crippen LogP contribution in [0.2, 0.25) is 10.0 Å². The monoisotopic (exact) mass is 436 g/mol. The van der Waals surface area contributed by atoms with Crippen LogP contribution in [0.3, 0.4) is 0 Å². The van der Waals surface area contributed by atoms with E-state index < -0.39 is 6.04 Å². The maximum absolute atomic E-state index is 13.0. The van der Waals surface area contributed by atoms with Crippen LogP contribution >= 0.6 is 23.2 Å². The average Bonchev–Trinajstić information content (AvgIpc) is 2.69. The van der Waals surface area contributed by atoms with E-state index in [4.69, 9.17) is 27.9 Å². The zero-order valence-corrected chi connectivity index (χ0v) is 18.3. The minimum atomic E-state index is -0.626. The lowest BCUT2D eigenvalue weighted by Crippen LogP contribution is -2.51. The molecule has 0 heterocycles. The molecule has 5 nitrogen and oxygen atoms in total. The molecule has 0 saturated carbocycles. The third kappa shape index (κ3) is 6.94. The summed E-state index contributed by atoms with van der Waals surface area (Å²) in [6.07, 6.45) is 0.469. The Kier molecular flexibility index (Phi) is 8.80. The van der Waals surface area contributed by atoms with Gasteiger partial charge >= 0.3 is 0 Å². The Balaban J connectivity index is 2.23. The highest BCUT2D eigenvalue weighted by atomic mass is 35.5. The van der Waals surface area contributed by atoms with Crippen molar-refractivity contribution in [3.8, 4) is 5.75 Å². The Hall–Kier alpha value is -2.24. The predicted octanol–water partition coefficient (Wildman–Crippen LogP) is 4.70. The molecule has 2 aromatic rings. The number of halogens is 2. The van der Waals surface area contributed by atoms with Gasteiger partial charge in [-0.3, -0.25) is 9.59 Å². The highest BCUT2D eigenvalue weighted by molar-refractivity contribution is 6.42. The van der Waals surface area contributed by atoms with Crippen molar-refractivity contribution >= 4 is 35.0 Å². The van der Waals surface area contributed by atoms with Crippen molar-refractivity contribution in [2.45, 2.75) is 45.8 Å². The van der Waals surface area contributed by atoms with Gasteiger partial charge in [0.15, 0.2) is 6.61 Å². The maximum Gasteiger partial charge on any atom is 0.261 e. The molecule has 0 aliphatic heterocycles. The Bertz CT molecular complexity index is 828. The molecule has 156 valence electrons. The number of carbonyl (C=O) groups is 2. The van der Waals surface area contributed by atoms with E-state index in [0.29, 0.717) is 22.2 Å². The van der Waals surface area contributed by atoms with Crippen molar-refractivity contribution in [1.29, 1.82) is 0 Å². The largest absolute Gasteiger partial charge is 0.484 e. The summed E-state index contributed by atoms with van der Waals surface area (Å²) in [5.74, 6) is 0.108. The second-order valence-electron chi connectivity index (χ2n) is 6.96. The number of amides is 2. The van der Waals surface area contributed by atoms with E-state index >= 15 is 0 Å². The van der Waals surface area contributed by atoms with Gasteiger partial charge in [0.1, 0.15) is 11.8 Å². The van der Waals surface area contributed by atoms with Gasteiger partial charge in [-0.05, 0) is 50.1 Å². The topological polar surface area (TPSA) is 58.6 Å². The van der Waals surface area contributed by atoms with Gasteiger partial charge in [-0.15, -0.1) is 0 Å². The van der Waals surface area contributed by atoms with Crippen LogP contribution in [-0.2, 0) is 16.1 Å². The molecule has 0 radical (unpaired) electrons. The van der Waals surface area contributed by atoms with Crippen molar-refractivity contribution in [3.05, 3.63) is 64.1 Å². The normalized spacial score (nSPS) is 11.8. The first-order valence-corrected chi connectivity index (χ1v) is 10.3. The first kappa shape index (κ1) is 23.0. The van der Waals surface area contributed by atoms with Gasteiger partial charge in [0, 0.05) is 12.6 Å². The quantitative estimate of drug-likeness (QED) is 0.619. The van der Waals surface area contributed by atoms with Crippen molar-refractivity contribution in [2.75, 3.05) is 6.61 Å². The van der Waals surface area contributed by atoms with E-state index in [1.165, 1.54) is 4.90 Å². The molecule has 0 spiro atoms. The second-order valence-corrected chi connectivity index (χ2v) is 7.77. The third-order valence-corrected chi connectivity index (χ3v) is 5.00. The molecule has 1 N–H and O–H groups in total. The number of para-hydroxylation sites is 1. The summed E-state index contributed by atoms with van der Waals surface area (Å²) >= 11 is 12.1. The zero-order valence-electron chi connectivity index (χ0n) is 16.8. The number of carbonyl (C=O) groups excluding carboxylic acids is 2. The fraction of sp³-hybridized carbons (Fsp3) is 0.364. The molecule has 0 saturated heterocycles. The number of ether oxygens (including phenoxy) is 1.